The predicted octanol–water partition coefficient (Wildman–Crippen LogP) is 0.445. The summed E-state index contributed by atoms with van der Waals surface area (Å²) in [7, 11) is 0. The van der Waals surface area contributed by atoms with Gasteiger partial charge in [0.05, 0.1) is 19.3 Å². The summed E-state index contributed by atoms with van der Waals surface area (Å²) < 4.78 is 5.31. The van der Waals surface area contributed by atoms with Gasteiger partial charge in [0.25, 0.3) is 0 Å². The minimum absolute atomic E-state index is 0.0121. The number of hydrogen-bond donors (Lipinski definition) is 1. The number of primary amides is 1. The summed E-state index contributed by atoms with van der Waals surface area (Å²) >= 11 is 0. The quantitative estimate of drug-likeness (QED) is 0.689. The zero-order valence-corrected chi connectivity index (χ0v) is 12.0. The maximum Gasteiger partial charge on any atom is 0.223 e. The molecule has 0 spiro atoms. The second-order valence-corrected chi connectivity index (χ2v) is 5.37. The Balaban J connectivity index is 1.83. The summed E-state index contributed by atoms with van der Waals surface area (Å²) in [6.45, 7) is 1.33. The van der Waals surface area contributed by atoms with Gasteiger partial charge in [0.1, 0.15) is 0 Å². The van der Waals surface area contributed by atoms with E-state index in [1.165, 1.54) is 0 Å². The van der Waals surface area contributed by atoms with Crippen molar-refractivity contribution in [2.24, 2.45) is 16.0 Å². The van der Waals surface area contributed by atoms with Crippen LogP contribution in [0.15, 0.2) is 10.2 Å². The number of hydrogen-bond acceptors (Lipinski definition) is 5. The fourth-order valence-electron chi connectivity index (χ4n) is 2.50. The zero-order chi connectivity index (χ0) is 15.3. The van der Waals surface area contributed by atoms with E-state index in [2.05, 4.69) is 16.1 Å². The van der Waals surface area contributed by atoms with Crippen LogP contribution in [0.3, 0.4) is 0 Å². The highest BCUT2D eigenvalue weighted by atomic mass is 16.5. The van der Waals surface area contributed by atoms with Gasteiger partial charge in [0, 0.05) is 38.6 Å². The Bertz CT molecular complexity index is 477. The molecular weight excluding hydrogens is 272 g/mol. The molecule has 2 aliphatic rings. The van der Waals surface area contributed by atoms with Crippen LogP contribution in [0, 0.1) is 12.3 Å². The Morgan fingerprint density at radius 2 is 2.19 bits per heavy atom. The molecule has 21 heavy (non-hydrogen) atoms. The molecule has 2 amide bonds. The molecule has 1 fully saturated rings. The van der Waals surface area contributed by atoms with Crippen molar-refractivity contribution in [1.29, 1.82) is 0 Å². The van der Waals surface area contributed by atoms with Gasteiger partial charge >= 0.3 is 0 Å². The summed E-state index contributed by atoms with van der Waals surface area (Å²) in [5, 5.41) is 8.03. The number of nitrogens with zero attached hydrogens (tertiary/aromatic N) is 3. The van der Waals surface area contributed by atoms with Gasteiger partial charge in [-0.1, -0.05) is 0 Å². The first-order valence-electron chi connectivity index (χ1n) is 7.09. The van der Waals surface area contributed by atoms with Crippen molar-refractivity contribution in [3.8, 4) is 12.3 Å². The largest absolute Gasteiger partial charge is 0.377 e. The average molecular weight is 292 g/mol. The van der Waals surface area contributed by atoms with E-state index < -0.39 is 11.6 Å². The fourth-order valence-corrected chi connectivity index (χ4v) is 2.50. The summed E-state index contributed by atoms with van der Waals surface area (Å²) in [5.74, 6) is 2.12. The van der Waals surface area contributed by atoms with Gasteiger partial charge in [-0.25, -0.2) is 0 Å². The standard InChI is InChI=1S/C14H20N4O3/c1-2-3-5-14(16-17-14)6-4-13(20)18-7-8-21-10-11(18)9-12(15)19/h1,11H,3-10H2,(H2,15,19). The van der Waals surface area contributed by atoms with Crippen molar-refractivity contribution in [2.45, 2.75) is 43.8 Å². The molecule has 2 N–H and O–H groups in total. The molecule has 2 rings (SSSR count). The van der Waals surface area contributed by atoms with Crippen molar-refractivity contribution in [3.05, 3.63) is 0 Å². The number of carbonyl (C=O) groups excluding carboxylic acids is 2. The Kier molecular flexibility index (Phi) is 4.91. The Labute approximate surface area is 123 Å². The molecule has 2 heterocycles. The van der Waals surface area contributed by atoms with Gasteiger partial charge in [-0.2, -0.15) is 10.2 Å². The smallest absolute Gasteiger partial charge is 0.223 e. The van der Waals surface area contributed by atoms with Crippen LogP contribution in [0.2, 0.25) is 0 Å². The molecule has 1 atom stereocenters. The van der Waals surface area contributed by atoms with Crippen molar-refractivity contribution in [3.63, 3.8) is 0 Å². The molecule has 1 unspecified atom stereocenters. The van der Waals surface area contributed by atoms with E-state index >= 15 is 0 Å². The van der Waals surface area contributed by atoms with Crippen molar-refractivity contribution >= 4 is 11.8 Å². The average Bonchev–Trinajstić information content (AvgIpc) is 3.23. The van der Waals surface area contributed by atoms with E-state index in [-0.39, 0.29) is 18.4 Å². The Morgan fingerprint density at radius 3 is 2.81 bits per heavy atom. The number of morpholine rings is 1. The molecule has 7 nitrogen and oxygen atoms in total. The summed E-state index contributed by atoms with van der Waals surface area (Å²) in [6, 6.07) is -0.265. The first kappa shape index (κ1) is 15.4. The van der Waals surface area contributed by atoms with Crippen molar-refractivity contribution in [2.75, 3.05) is 19.8 Å². The monoisotopic (exact) mass is 292 g/mol. The molecule has 0 bridgehead atoms. The highest BCUT2D eigenvalue weighted by molar-refractivity contribution is 5.79. The molecule has 0 radical (unpaired) electrons. The second-order valence-electron chi connectivity index (χ2n) is 5.37. The molecular formula is C14H20N4O3. The molecule has 0 aromatic carbocycles. The number of amides is 2. The van der Waals surface area contributed by atoms with Gasteiger partial charge in [0.2, 0.25) is 11.8 Å². The lowest BCUT2D eigenvalue weighted by molar-refractivity contribution is -0.141. The minimum Gasteiger partial charge on any atom is -0.377 e. The number of rotatable bonds is 7. The lowest BCUT2D eigenvalue weighted by atomic mass is 10.0. The highest BCUT2D eigenvalue weighted by Crippen LogP contribution is 2.37. The molecule has 2 aliphatic heterocycles. The lowest BCUT2D eigenvalue weighted by Gasteiger charge is -2.35. The van der Waals surface area contributed by atoms with Crippen molar-refractivity contribution in [1.82, 2.24) is 4.90 Å². The number of terminal acetylenes is 1. The molecule has 0 aliphatic carbocycles. The zero-order valence-electron chi connectivity index (χ0n) is 12.0. The fraction of sp³-hybridized carbons (Fsp3) is 0.714. The predicted molar refractivity (Wildman–Crippen MR) is 75.0 cm³/mol. The van der Waals surface area contributed by atoms with Crippen LogP contribution in [-0.4, -0.2) is 48.2 Å². The third-order valence-electron chi connectivity index (χ3n) is 3.78. The van der Waals surface area contributed by atoms with E-state index in [1.54, 1.807) is 4.90 Å². The maximum absolute atomic E-state index is 12.3. The van der Waals surface area contributed by atoms with Gasteiger partial charge in [0.15, 0.2) is 5.66 Å². The molecule has 114 valence electrons. The van der Waals surface area contributed by atoms with E-state index in [4.69, 9.17) is 16.9 Å². The van der Waals surface area contributed by atoms with Gasteiger partial charge in [-0.05, 0) is 0 Å². The summed E-state index contributed by atoms with van der Waals surface area (Å²) in [6.07, 6.45) is 7.55. The first-order chi connectivity index (χ1) is 10.1. The summed E-state index contributed by atoms with van der Waals surface area (Å²) in [5.41, 5.74) is 4.76. The van der Waals surface area contributed by atoms with Crippen LogP contribution in [0.1, 0.15) is 32.1 Å². The van der Waals surface area contributed by atoms with Crippen LogP contribution in [0.4, 0.5) is 0 Å². The van der Waals surface area contributed by atoms with Crippen LogP contribution in [0.5, 0.6) is 0 Å². The Hall–Kier alpha value is -1.94. The first-order valence-corrected chi connectivity index (χ1v) is 7.09. The molecule has 0 aromatic heterocycles. The summed E-state index contributed by atoms with van der Waals surface area (Å²) in [4.78, 5) is 25.1. The van der Waals surface area contributed by atoms with Crippen LogP contribution in [0.25, 0.3) is 0 Å². The minimum atomic E-state index is -0.451. The van der Waals surface area contributed by atoms with Crippen LogP contribution < -0.4 is 5.73 Å². The lowest BCUT2D eigenvalue weighted by Crippen LogP contribution is -2.50. The van der Waals surface area contributed by atoms with E-state index in [9.17, 15) is 9.59 Å². The number of nitrogens with two attached hydrogens (primary N) is 1. The van der Waals surface area contributed by atoms with E-state index in [0.717, 1.165) is 0 Å². The van der Waals surface area contributed by atoms with E-state index in [0.29, 0.717) is 45.4 Å². The molecule has 0 aromatic rings. The topological polar surface area (TPSA) is 97.3 Å². The molecule has 7 heteroatoms. The Morgan fingerprint density at radius 1 is 1.43 bits per heavy atom. The van der Waals surface area contributed by atoms with Gasteiger partial charge in [-0.3, -0.25) is 9.59 Å². The number of ether oxygens (including phenoxy) is 1. The second kappa shape index (κ2) is 6.68. The van der Waals surface area contributed by atoms with E-state index in [1.807, 2.05) is 0 Å². The SMILES string of the molecule is C#CCCC1(CCC(=O)N2CCOCC2CC(N)=O)N=N1. The van der Waals surface area contributed by atoms with Crippen LogP contribution in [-0.2, 0) is 14.3 Å². The number of carbonyl (C=O) groups is 2. The normalized spacial score (nSPS) is 22.6. The maximum atomic E-state index is 12.3. The third kappa shape index (κ3) is 4.26. The highest BCUT2D eigenvalue weighted by Gasteiger charge is 2.40. The van der Waals surface area contributed by atoms with Crippen LogP contribution >= 0.6 is 0 Å². The van der Waals surface area contributed by atoms with Gasteiger partial charge in [-0.15, -0.1) is 12.3 Å². The molecule has 1 saturated heterocycles. The van der Waals surface area contributed by atoms with Crippen molar-refractivity contribution < 1.29 is 14.3 Å². The van der Waals surface area contributed by atoms with Gasteiger partial charge < -0.3 is 15.4 Å². The third-order valence-corrected chi connectivity index (χ3v) is 3.78. The molecule has 0 saturated carbocycles.